The summed E-state index contributed by atoms with van der Waals surface area (Å²) in [5.41, 5.74) is 1.29. The molecule has 0 aromatic carbocycles. The minimum absolute atomic E-state index is 0.0662. The van der Waals surface area contributed by atoms with Crippen LogP contribution in [0.5, 0.6) is 0 Å². The van der Waals surface area contributed by atoms with Gasteiger partial charge in [-0.2, -0.15) is 13.2 Å². The molecule has 2 saturated heterocycles. The van der Waals surface area contributed by atoms with Gasteiger partial charge >= 0.3 is 12.1 Å². The second-order valence-electron chi connectivity index (χ2n) is 7.68. The molecule has 3 rings (SSSR count). The summed E-state index contributed by atoms with van der Waals surface area (Å²) >= 11 is 0. The van der Waals surface area contributed by atoms with Gasteiger partial charge in [-0.3, -0.25) is 9.88 Å². The van der Waals surface area contributed by atoms with E-state index in [4.69, 9.17) is 14.6 Å². The van der Waals surface area contributed by atoms with E-state index in [1.54, 1.807) is 13.1 Å². The first-order valence-corrected chi connectivity index (χ1v) is 11.6. The fourth-order valence-corrected chi connectivity index (χ4v) is 4.56. The van der Waals surface area contributed by atoms with Crippen LogP contribution in [-0.2, 0) is 26.1 Å². The van der Waals surface area contributed by atoms with Gasteiger partial charge in [0.1, 0.15) is 0 Å². The number of fused-ring (bicyclic) bond motifs is 1. The topological polar surface area (TPSA) is 109 Å². The lowest BCUT2D eigenvalue weighted by Gasteiger charge is -2.44. The zero-order chi connectivity index (χ0) is 23.1. The first kappa shape index (κ1) is 25.5. The molecule has 1 aromatic rings. The highest BCUT2D eigenvalue weighted by molar-refractivity contribution is 7.89. The number of hydrogen-bond donors (Lipinski definition) is 2. The number of likely N-dealkylation sites (tertiary alicyclic amines) is 1. The number of sulfonamides is 1. The standard InChI is InChI=1S/C17H27N3O3S.C2HF3O2/c1-2-24(21,22)19-9-6-17-7-11-23-16(17)5-10-20(14-17)13-15-4-3-8-18-12-15;3-2(4,5)1(6)7/h3-4,8,12,16,19H,2,5-7,9-11,13-14H2,1H3;(H,6,7)/t16-,17+;/m1./s1. The average Bonchev–Trinajstić information content (AvgIpc) is 3.11. The van der Waals surface area contributed by atoms with Gasteiger partial charge in [-0.05, 0) is 37.8 Å². The second-order valence-corrected chi connectivity index (χ2v) is 9.78. The van der Waals surface area contributed by atoms with Gasteiger partial charge in [-0.15, -0.1) is 0 Å². The summed E-state index contributed by atoms with van der Waals surface area (Å²) in [6.45, 7) is 5.81. The Balaban J connectivity index is 0.000000423. The van der Waals surface area contributed by atoms with Crippen LogP contribution in [-0.4, -0.2) is 73.7 Å². The number of nitrogens with one attached hydrogen (secondary N) is 1. The number of carboxylic acids is 1. The number of carbonyl (C=O) groups is 1. The first-order chi connectivity index (χ1) is 14.5. The molecule has 176 valence electrons. The Morgan fingerprint density at radius 1 is 1.45 bits per heavy atom. The maximum atomic E-state index is 11.7. The molecule has 12 heteroatoms. The molecular formula is C19H28F3N3O5S. The van der Waals surface area contributed by atoms with Crippen molar-refractivity contribution in [2.75, 3.05) is 32.0 Å². The van der Waals surface area contributed by atoms with Gasteiger partial charge in [0, 0.05) is 50.6 Å². The van der Waals surface area contributed by atoms with Crippen LogP contribution in [0, 0.1) is 5.41 Å². The minimum atomic E-state index is -5.08. The minimum Gasteiger partial charge on any atom is -0.475 e. The molecule has 3 heterocycles. The molecule has 0 bridgehead atoms. The number of nitrogens with zero attached hydrogens (tertiary/aromatic N) is 2. The first-order valence-electron chi connectivity index (χ1n) is 9.98. The lowest BCUT2D eigenvalue weighted by molar-refractivity contribution is -0.192. The third-order valence-corrected chi connectivity index (χ3v) is 6.95. The second kappa shape index (κ2) is 10.7. The van der Waals surface area contributed by atoms with E-state index in [9.17, 15) is 21.6 Å². The molecule has 8 nitrogen and oxygen atoms in total. The van der Waals surface area contributed by atoms with Gasteiger partial charge in [0.2, 0.25) is 10.0 Å². The Labute approximate surface area is 179 Å². The van der Waals surface area contributed by atoms with E-state index in [1.807, 2.05) is 12.3 Å². The zero-order valence-electron chi connectivity index (χ0n) is 17.3. The van der Waals surface area contributed by atoms with Crippen molar-refractivity contribution in [1.82, 2.24) is 14.6 Å². The van der Waals surface area contributed by atoms with Crippen LogP contribution in [0.1, 0.15) is 31.7 Å². The third-order valence-electron chi connectivity index (χ3n) is 5.54. The van der Waals surface area contributed by atoms with Gasteiger partial charge in [0.25, 0.3) is 0 Å². The Morgan fingerprint density at radius 2 is 2.16 bits per heavy atom. The smallest absolute Gasteiger partial charge is 0.475 e. The molecule has 0 saturated carbocycles. The maximum absolute atomic E-state index is 11.7. The van der Waals surface area contributed by atoms with Crippen molar-refractivity contribution in [3.8, 4) is 0 Å². The van der Waals surface area contributed by atoms with Gasteiger partial charge in [-0.25, -0.2) is 17.9 Å². The summed E-state index contributed by atoms with van der Waals surface area (Å²) < 4.78 is 63.8. The van der Waals surface area contributed by atoms with Crippen LogP contribution in [0.3, 0.4) is 0 Å². The Hall–Kier alpha value is -1.76. The van der Waals surface area contributed by atoms with Crippen molar-refractivity contribution in [2.45, 2.75) is 45.0 Å². The highest BCUT2D eigenvalue weighted by Gasteiger charge is 2.47. The molecule has 1 aromatic heterocycles. The predicted octanol–water partition coefficient (Wildman–Crippen LogP) is 2.03. The van der Waals surface area contributed by atoms with E-state index in [0.717, 1.165) is 45.5 Å². The molecule has 31 heavy (non-hydrogen) atoms. The number of carboxylic acid groups (broad SMARTS) is 1. The molecule has 0 aliphatic carbocycles. The Bertz CT molecular complexity index is 823. The number of pyridine rings is 1. The molecular weight excluding hydrogens is 439 g/mol. The molecule has 2 N–H and O–H groups in total. The molecule has 2 aliphatic heterocycles. The summed E-state index contributed by atoms with van der Waals surface area (Å²) in [6, 6.07) is 4.07. The molecule has 0 radical (unpaired) electrons. The van der Waals surface area contributed by atoms with Crippen LogP contribution in [0.25, 0.3) is 0 Å². The highest BCUT2D eigenvalue weighted by Crippen LogP contribution is 2.43. The quantitative estimate of drug-likeness (QED) is 0.632. The lowest BCUT2D eigenvalue weighted by atomic mass is 9.74. The predicted molar refractivity (Wildman–Crippen MR) is 107 cm³/mol. The van der Waals surface area contributed by atoms with Gasteiger partial charge in [0.15, 0.2) is 0 Å². The molecule has 0 unspecified atom stereocenters. The van der Waals surface area contributed by atoms with Crippen molar-refractivity contribution < 1.29 is 36.2 Å². The van der Waals surface area contributed by atoms with Crippen molar-refractivity contribution >= 4 is 16.0 Å². The van der Waals surface area contributed by atoms with Crippen molar-refractivity contribution in [3.63, 3.8) is 0 Å². The largest absolute Gasteiger partial charge is 0.490 e. The molecule has 2 aliphatic rings. The number of hydrogen-bond acceptors (Lipinski definition) is 6. The van der Waals surface area contributed by atoms with Crippen molar-refractivity contribution in [1.29, 1.82) is 0 Å². The van der Waals surface area contributed by atoms with E-state index >= 15 is 0 Å². The SMILES string of the molecule is CCS(=O)(=O)NCC[C@@]12CCO[C@@H]1CCN(Cc1cccnc1)C2.O=C(O)C(F)(F)F. The summed E-state index contributed by atoms with van der Waals surface area (Å²) in [4.78, 5) is 15.5. The number of rotatable bonds is 7. The third kappa shape index (κ3) is 7.70. The van der Waals surface area contributed by atoms with Crippen LogP contribution in [0.4, 0.5) is 13.2 Å². The number of aliphatic carboxylic acids is 1. The molecule has 0 spiro atoms. The number of alkyl halides is 3. The van der Waals surface area contributed by atoms with Crippen molar-refractivity contribution in [2.24, 2.45) is 5.41 Å². The van der Waals surface area contributed by atoms with E-state index in [2.05, 4.69) is 20.7 Å². The van der Waals surface area contributed by atoms with Crippen LogP contribution >= 0.6 is 0 Å². The van der Waals surface area contributed by atoms with E-state index < -0.39 is 22.2 Å². The Kier molecular flexibility index (Phi) is 8.81. The molecule has 2 fully saturated rings. The fraction of sp³-hybridized carbons (Fsp3) is 0.684. The normalized spacial score (nSPS) is 24.2. The number of aromatic nitrogens is 1. The number of ether oxygens (including phenoxy) is 1. The van der Waals surface area contributed by atoms with E-state index in [0.29, 0.717) is 6.54 Å². The lowest BCUT2D eigenvalue weighted by Crippen LogP contribution is -2.50. The van der Waals surface area contributed by atoms with Crippen LogP contribution in [0.2, 0.25) is 0 Å². The van der Waals surface area contributed by atoms with Crippen molar-refractivity contribution in [3.05, 3.63) is 30.1 Å². The van der Waals surface area contributed by atoms with Crippen LogP contribution < -0.4 is 4.72 Å². The summed E-state index contributed by atoms with van der Waals surface area (Å²) in [5, 5.41) is 7.12. The van der Waals surface area contributed by atoms with Crippen LogP contribution in [0.15, 0.2) is 24.5 Å². The number of halogens is 3. The zero-order valence-corrected chi connectivity index (χ0v) is 18.1. The molecule has 2 atom stereocenters. The fourth-order valence-electron chi connectivity index (χ4n) is 3.94. The number of piperidine rings is 1. The summed E-state index contributed by atoms with van der Waals surface area (Å²) in [6.07, 6.45) is 1.74. The molecule has 0 amide bonds. The van der Waals surface area contributed by atoms with Gasteiger partial charge in [-0.1, -0.05) is 6.07 Å². The summed E-state index contributed by atoms with van der Waals surface area (Å²) in [7, 11) is -3.13. The van der Waals surface area contributed by atoms with Gasteiger partial charge < -0.3 is 9.84 Å². The average molecular weight is 468 g/mol. The van der Waals surface area contributed by atoms with E-state index in [-0.39, 0.29) is 17.3 Å². The summed E-state index contributed by atoms with van der Waals surface area (Å²) in [5.74, 6) is -2.62. The maximum Gasteiger partial charge on any atom is 0.490 e. The van der Waals surface area contributed by atoms with E-state index in [1.165, 1.54) is 5.56 Å². The monoisotopic (exact) mass is 467 g/mol. The Morgan fingerprint density at radius 3 is 2.74 bits per heavy atom. The van der Waals surface area contributed by atoms with Gasteiger partial charge in [0.05, 0.1) is 11.9 Å². The highest BCUT2D eigenvalue weighted by atomic mass is 32.2.